The number of rotatable bonds is 5. The summed E-state index contributed by atoms with van der Waals surface area (Å²) >= 11 is 0. The lowest BCUT2D eigenvalue weighted by Crippen LogP contribution is -2.46. The summed E-state index contributed by atoms with van der Waals surface area (Å²) in [7, 11) is 0. The van der Waals surface area contributed by atoms with Gasteiger partial charge in [0.05, 0.1) is 6.54 Å². The predicted molar refractivity (Wildman–Crippen MR) is 77.8 cm³/mol. The first kappa shape index (κ1) is 14.1. The van der Waals surface area contributed by atoms with Crippen LogP contribution in [0.1, 0.15) is 38.2 Å². The normalized spacial score (nSPS) is 19.4. The van der Waals surface area contributed by atoms with Crippen LogP contribution in [0, 0.1) is 0 Å². The Morgan fingerprint density at radius 1 is 1.32 bits per heavy atom. The fourth-order valence-corrected chi connectivity index (χ4v) is 2.76. The second-order valence-electron chi connectivity index (χ2n) is 5.23. The van der Waals surface area contributed by atoms with Gasteiger partial charge in [0.2, 0.25) is 5.91 Å². The highest BCUT2D eigenvalue weighted by atomic mass is 16.2. The van der Waals surface area contributed by atoms with Crippen molar-refractivity contribution in [1.29, 1.82) is 0 Å². The van der Waals surface area contributed by atoms with E-state index in [1.165, 1.54) is 18.4 Å². The van der Waals surface area contributed by atoms with Crippen LogP contribution in [0.25, 0.3) is 0 Å². The monoisotopic (exact) mass is 260 g/mol. The lowest BCUT2D eigenvalue weighted by molar-refractivity contribution is -0.134. The molecule has 1 fully saturated rings. The molecule has 1 heterocycles. The number of benzene rings is 1. The molecule has 1 unspecified atom stereocenters. The van der Waals surface area contributed by atoms with E-state index in [1.807, 2.05) is 18.2 Å². The molecule has 1 aliphatic heterocycles. The Balaban J connectivity index is 1.77. The molecule has 3 nitrogen and oxygen atoms in total. The van der Waals surface area contributed by atoms with E-state index in [2.05, 4.69) is 29.3 Å². The second kappa shape index (κ2) is 7.29. The van der Waals surface area contributed by atoms with Gasteiger partial charge in [0.15, 0.2) is 0 Å². The van der Waals surface area contributed by atoms with E-state index in [-0.39, 0.29) is 5.91 Å². The van der Waals surface area contributed by atoms with Crippen LogP contribution < -0.4 is 5.32 Å². The number of amides is 1. The fraction of sp³-hybridized carbons (Fsp3) is 0.562. The Kier molecular flexibility index (Phi) is 5.40. The molecule has 0 radical (unpaired) electrons. The van der Waals surface area contributed by atoms with Crippen LogP contribution in [0.5, 0.6) is 0 Å². The molecular weight excluding hydrogens is 236 g/mol. The maximum atomic E-state index is 12.2. The highest BCUT2D eigenvalue weighted by Crippen LogP contribution is 2.19. The third-order valence-corrected chi connectivity index (χ3v) is 3.87. The molecule has 2 rings (SSSR count). The van der Waals surface area contributed by atoms with Crippen LogP contribution in [-0.4, -0.2) is 29.9 Å². The van der Waals surface area contributed by atoms with Crippen LogP contribution in [0.3, 0.4) is 0 Å². The van der Waals surface area contributed by atoms with Gasteiger partial charge in [-0.3, -0.25) is 4.79 Å². The Labute approximate surface area is 116 Å². The number of nitrogens with one attached hydrogen (secondary N) is 1. The zero-order valence-corrected chi connectivity index (χ0v) is 11.8. The van der Waals surface area contributed by atoms with E-state index in [0.29, 0.717) is 12.6 Å². The Hall–Kier alpha value is -1.35. The molecule has 0 spiro atoms. The molecule has 1 N–H and O–H groups in total. The summed E-state index contributed by atoms with van der Waals surface area (Å²) in [6.45, 7) is 4.32. The molecule has 0 bridgehead atoms. The van der Waals surface area contributed by atoms with Crippen molar-refractivity contribution in [3.05, 3.63) is 35.9 Å². The number of piperidine rings is 1. The maximum Gasteiger partial charge on any atom is 0.236 e. The fourth-order valence-electron chi connectivity index (χ4n) is 2.76. The van der Waals surface area contributed by atoms with Crippen LogP contribution in [-0.2, 0) is 11.3 Å². The molecule has 1 aromatic carbocycles. The first-order valence-electron chi connectivity index (χ1n) is 7.35. The molecule has 0 saturated carbocycles. The molecule has 1 atom stereocenters. The summed E-state index contributed by atoms with van der Waals surface area (Å²) < 4.78 is 0. The van der Waals surface area contributed by atoms with Gasteiger partial charge in [-0.15, -0.1) is 0 Å². The third-order valence-electron chi connectivity index (χ3n) is 3.87. The average Bonchev–Trinajstić information content (AvgIpc) is 2.48. The minimum absolute atomic E-state index is 0.252. The van der Waals surface area contributed by atoms with Crippen LogP contribution >= 0.6 is 0 Å². The number of carbonyl (C=O) groups excluding carboxylic acids is 1. The highest BCUT2D eigenvalue weighted by molar-refractivity contribution is 5.78. The number of nitrogens with zero attached hydrogens (tertiary/aromatic N) is 1. The molecule has 1 aliphatic rings. The van der Waals surface area contributed by atoms with E-state index in [0.717, 1.165) is 25.9 Å². The number of hydrogen-bond acceptors (Lipinski definition) is 2. The number of likely N-dealkylation sites (tertiary alicyclic amines) is 1. The first-order chi connectivity index (χ1) is 9.31. The van der Waals surface area contributed by atoms with E-state index >= 15 is 0 Å². The molecule has 1 amide bonds. The van der Waals surface area contributed by atoms with E-state index in [9.17, 15) is 4.79 Å². The van der Waals surface area contributed by atoms with Crippen molar-refractivity contribution in [2.75, 3.05) is 13.1 Å². The average molecular weight is 260 g/mol. The third kappa shape index (κ3) is 4.06. The topological polar surface area (TPSA) is 32.3 Å². The molecule has 1 aromatic rings. The standard InChI is InChI=1S/C16H24N2O/c1-2-15-10-6-7-11-18(15)16(19)13-17-12-14-8-4-3-5-9-14/h3-5,8-9,15,17H,2,6-7,10-13H2,1H3. The maximum absolute atomic E-state index is 12.2. The summed E-state index contributed by atoms with van der Waals surface area (Å²) in [4.78, 5) is 14.3. The molecule has 0 aliphatic carbocycles. The van der Waals surface area contributed by atoms with Gasteiger partial charge in [0.25, 0.3) is 0 Å². The van der Waals surface area contributed by atoms with Gasteiger partial charge in [0, 0.05) is 19.1 Å². The SMILES string of the molecule is CCC1CCCCN1C(=O)CNCc1ccccc1. The van der Waals surface area contributed by atoms with Gasteiger partial charge in [0.1, 0.15) is 0 Å². The minimum atomic E-state index is 0.252. The van der Waals surface area contributed by atoms with E-state index < -0.39 is 0 Å². The van der Waals surface area contributed by atoms with Crippen LogP contribution in [0.15, 0.2) is 30.3 Å². The zero-order chi connectivity index (χ0) is 13.5. The van der Waals surface area contributed by atoms with Crippen molar-refractivity contribution in [2.24, 2.45) is 0 Å². The second-order valence-corrected chi connectivity index (χ2v) is 5.23. The highest BCUT2D eigenvalue weighted by Gasteiger charge is 2.24. The molecule has 1 saturated heterocycles. The van der Waals surface area contributed by atoms with Crippen molar-refractivity contribution in [2.45, 2.75) is 45.2 Å². The minimum Gasteiger partial charge on any atom is -0.339 e. The largest absolute Gasteiger partial charge is 0.339 e. The van der Waals surface area contributed by atoms with Gasteiger partial charge in [-0.1, -0.05) is 37.3 Å². The van der Waals surface area contributed by atoms with E-state index in [1.54, 1.807) is 0 Å². The predicted octanol–water partition coefficient (Wildman–Crippen LogP) is 2.57. The quantitative estimate of drug-likeness (QED) is 0.882. The van der Waals surface area contributed by atoms with Crippen molar-refractivity contribution in [1.82, 2.24) is 10.2 Å². The van der Waals surface area contributed by atoms with E-state index in [4.69, 9.17) is 0 Å². The molecule has 104 valence electrons. The van der Waals surface area contributed by atoms with Crippen LogP contribution in [0.2, 0.25) is 0 Å². The summed E-state index contributed by atoms with van der Waals surface area (Å²) in [5.74, 6) is 0.252. The number of hydrogen-bond donors (Lipinski definition) is 1. The van der Waals surface area contributed by atoms with Gasteiger partial charge < -0.3 is 10.2 Å². The summed E-state index contributed by atoms with van der Waals surface area (Å²) in [5, 5.41) is 3.25. The molecule has 3 heteroatoms. The van der Waals surface area contributed by atoms with Crippen LogP contribution in [0.4, 0.5) is 0 Å². The van der Waals surface area contributed by atoms with Crippen molar-refractivity contribution in [3.8, 4) is 0 Å². The zero-order valence-electron chi connectivity index (χ0n) is 11.8. The molecular formula is C16H24N2O. The van der Waals surface area contributed by atoms with Crippen molar-refractivity contribution in [3.63, 3.8) is 0 Å². The summed E-state index contributed by atoms with van der Waals surface area (Å²) in [6, 6.07) is 10.7. The Morgan fingerprint density at radius 2 is 2.11 bits per heavy atom. The lowest BCUT2D eigenvalue weighted by Gasteiger charge is -2.35. The number of carbonyl (C=O) groups is 1. The smallest absolute Gasteiger partial charge is 0.236 e. The van der Waals surface area contributed by atoms with Gasteiger partial charge >= 0.3 is 0 Å². The summed E-state index contributed by atoms with van der Waals surface area (Å²) in [6.07, 6.45) is 4.66. The van der Waals surface area contributed by atoms with Gasteiger partial charge in [-0.25, -0.2) is 0 Å². The van der Waals surface area contributed by atoms with Crippen molar-refractivity contribution < 1.29 is 4.79 Å². The Morgan fingerprint density at radius 3 is 2.84 bits per heavy atom. The lowest BCUT2D eigenvalue weighted by atomic mass is 10.00. The molecule has 0 aromatic heterocycles. The van der Waals surface area contributed by atoms with Gasteiger partial charge in [-0.2, -0.15) is 0 Å². The first-order valence-corrected chi connectivity index (χ1v) is 7.35. The van der Waals surface area contributed by atoms with Crippen molar-refractivity contribution >= 4 is 5.91 Å². The summed E-state index contributed by atoms with van der Waals surface area (Å²) in [5.41, 5.74) is 1.22. The van der Waals surface area contributed by atoms with Gasteiger partial charge in [-0.05, 0) is 31.2 Å². The molecule has 19 heavy (non-hydrogen) atoms. The Bertz CT molecular complexity index is 391.